The molecule has 1 amide bonds. The van der Waals surface area contributed by atoms with E-state index in [-0.39, 0.29) is 29.9 Å². The third-order valence-electron chi connectivity index (χ3n) is 4.81. The summed E-state index contributed by atoms with van der Waals surface area (Å²) >= 11 is 0. The van der Waals surface area contributed by atoms with Crippen molar-refractivity contribution in [1.29, 1.82) is 0 Å². The zero-order chi connectivity index (χ0) is 18.1. The van der Waals surface area contributed by atoms with Crippen LogP contribution < -0.4 is 16.0 Å². The Labute approximate surface area is 174 Å². The van der Waals surface area contributed by atoms with Crippen LogP contribution in [0.4, 0.5) is 0 Å². The number of nitrogens with zero attached hydrogens (tertiary/aromatic N) is 1. The first-order chi connectivity index (χ1) is 12.0. The van der Waals surface area contributed by atoms with E-state index in [1.807, 2.05) is 0 Å². The molecule has 7 heteroatoms. The normalized spacial score (nSPS) is 16.2. The molecule has 0 atom stereocenters. The van der Waals surface area contributed by atoms with Crippen LogP contribution in [0.3, 0.4) is 0 Å². The van der Waals surface area contributed by atoms with Gasteiger partial charge >= 0.3 is 0 Å². The summed E-state index contributed by atoms with van der Waals surface area (Å²) in [5, 5.41) is 9.56. The van der Waals surface area contributed by atoms with Gasteiger partial charge in [0.2, 0.25) is 0 Å². The SMILES string of the molecule is CN=C(NCCNC(=O)c1ccco1)NCC1(CC(C)C)CCCC1.I. The van der Waals surface area contributed by atoms with Gasteiger partial charge in [-0.05, 0) is 42.7 Å². The van der Waals surface area contributed by atoms with Crippen molar-refractivity contribution in [3.8, 4) is 0 Å². The zero-order valence-corrected chi connectivity index (χ0v) is 18.5. The van der Waals surface area contributed by atoms with Gasteiger partial charge in [0, 0.05) is 26.7 Å². The fourth-order valence-corrected chi connectivity index (χ4v) is 3.79. The van der Waals surface area contributed by atoms with Gasteiger partial charge in [-0.2, -0.15) is 0 Å². The van der Waals surface area contributed by atoms with Crippen molar-refractivity contribution in [1.82, 2.24) is 16.0 Å². The van der Waals surface area contributed by atoms with Crippen molar-refractivity contribution in [2.24, 2.45) is 16.3 Å². The molecule has 6 nitrogen and oxygen atoms in total. The molecule has 26 heavy (non-hydrogen) atoms. The smallest absolute Gasteiger partial charge is 0.287 e. The van der Waals surface area contributed by atoms with E-state index in [4.69, 9.17) is 4.42 Å². The molecule has 148 valence electrons. The maximum atomic E-state index is 11.8. The summed E-state index contributed by atoms with van der Waals surface area (Å²) in [5.74, 6) is 1.64. The molecular formula is C19H33IN4O2. The van der Waals surface area contributed by atoms with Gasteiger partial charge in [-0.1, -0.05) is 26.7 Å². The van der Waals surface area contributed by atoms with E-state index < -0.39 is 0 Å². The van der Waals surface area contributed by atoms with Gasteiger partial charge < -0.3 is 20.4 Å². The molecule has 0 unspecified atom stereocenters. The Hall–Kier alpha value is -1.25. The van der Waals surface area contributed by atoms with Crippen molar-refractivity contribution in [3.63, 3.8) is 0 Å². The van der Waals surface area contributed by atoms with Crippen LogP contribution in [-0.4, -0.2) is 38.5 Å². The van der Waals surface area contributed by atoms with Crippen molar-refractivity contribution in [3.05, 3.63) is 24.2 Å². The average molecular weight is 476 g/mol. The monoisotopic (exact) mass is 476 g/mol. The van der Waals surface area contributed by atoms with Gasteiger partial charge in [0.1, 0.15) is 0 Å². The van der Waals surface area contributed by atoms with Gasteiger partial charge in [-0.3, -0.25) is 9.79 Å². The van der Waals surface area contributed by atoms with Gasteiger partial charge in [0.05, 0.1) is 6.26 Å². The molecule has 3 N–H and O–H groups in total. The molecule has 0 saturated heterocycles. The molecule has 1 aliphatic carbocycles. The number of guanidine groups is 1. The Morgan fingerprint density at radius 2 is 1.92 bits per heavy atom. The van der Waals surface area contributed by atoms with Crippen molar-refractivity contribution < 1.29 is 9.21 Å². The Morgan fingerprint density at radius 1 is 1.23 bits per heavy atom. The highest BCUT2D eigenvalue weighted by Gasteiger charge is 2.34. The number of hydrogen-bond acceptors (Lipinski definition) is 3. The second kappa shape index (κ2) is 11.5. The Balaban J connectivity index is 0.00000338. The van der Waals surface area contributed by atoms with Crippen LogP contribution in [0, 0.1) is 11.3 Å². The lowest BCUT2D eigenvalue weighted by molar-refractivity contribution is 0.0926. The molecular weight excluding hydrogens is 443 g/mol. The summed E-state index contributed by atoms with van der Waals surface area (Å²) < 4.78 is 5.06. The molecule has 0 aromatic carbocycles. The fraction of sp³-hybridized carbons (Fsp3) is 0.684. The van der Waals surface area contributed by atoms with Crippen LogP contribution in [0.1, 0.15) is 56.5 Å². The number of rotatable bonds is 8. The lowest BCUT2D eigenvalue weighted by Crippen LogP contribution is -2.45. The van der Waals surface area contributed by atoms with Gasteiger partial charge in [0.25, 0.3) is 5.91 Å². The summed E-state index contributed by atoms with van der Waals surface area (Å²) in [6, 6.07) is 3.36. The summed E-state index contributed by atoms with van der Waals surface area (Å²) in [6.45, 7) is 6.69. The largest absolute Gasteiger partial charge is 0.459 e. The van der Waals surface area contributed by atoms with E-state index in [9.17, 15) is 4.79 Å². The van der Waals surface area contributed by atoms with Crippen LogP contribution in [0.25, 0.3) is 0 Å². The lowest BCUT2D eigenvalue weighted by Gasteiger charge is -2.31. The molecule has 0 radical (unpaired) electrons. The van der Waals surface area contributed by atoms with Gasteiger partial charge in [0.15, 0.2) is 11.7 Å². The molecule has 0 spiro atoms. The Kier molecular flexibility index (Phi) is 10.0. The second-order valence-corrected chi connectivity index (χ2v) is 7.39. The van der Waals surface area contributed by atoms with E-state index in [1.165, 1.54) is 38.4 Å². The third-order valence-corrected chi connectivity index (χ3v) is 4.81. The summed E-state index contributed by atoms with van der Waals surface area (Å²) in [4.78, 5) is 16.1. The summed E-state index contributed by atoms with van der Waals surface area (Å²) in [5.41, 5.74) is 0.402. The standard InChI is InChI=1S/C19H32N4O2.HI/c1-15(2)13-19(8-4-5-9-19)14-23-18(20-3)22-11-10-21-17(24)16-7-6-12-25-16;/h6-7,12,15H,4-5,8-11,13-14H2,1-3H3,(H,21,24)(H2,20,22,23);1H. The van der Waals surface area contributed by atoms with Crippen LogP contribution in [0.15, 0.2) is 27.8 Å². The number of carbonyl (C=O) groups excluding carboxylic acids is 1. The Bertz CT molecular complexity index is 552. The predicted molar refractivity (Wildman–Crippen MR) is 116 cm³/mol. The lowest BCUT2D eigenvalue weighted by atomic mass is 9.78. The molecule has 1 heterocycles. The minimum Gasteiger partial charge on any atom is -0.459 e. The zero-order valence-electron chi connectivity index (χ0n) is 16.1. The number of carbonyl (C=O) groups is 1. The number of aliphatic imine (C=N–C) groups is 1. The second-order valence-electron chi connectivity index (χ2n) is 7.39. The van der Waals surface area contributed by atoms with Gasteiger partial charge in [-0.25, -0.2) is 0 Å². The minimum atomic E-state index is -0.198. The molecule has 1 aromatic heterocycles. The molecule has 1 aromatic rings. The number of halogens is 1. The van der Waals surface area contributed by atoms with Crippen molar-refractivity contribution >= 4 is 35.8 Å². The fourth-order valence-electron chi connectivity index (χ4n) is 3.79. The van der Waals surface area contributed by atoms with Crippen LogP contribution in [0.2, 0.25) is 0 Å². The van der Waals surface area contributed by atoms with Crippen LogP contribution in [0.5, 0.6) is 0 Å². The first-order valence-corrected chi connectivity index (χ1v) is 9.31. The molecule has 1 saturated carbocycles. The van der Waals surface area contributed by atoms with Crippen LogP contribution in [-0.2, 0) is 0 Å². The van der Waals surface area contributed by atoms with E-state index in [2.05, 4.69) is 34.8 Å². The highest BCUT2D eigenvalue weighted by atomic mass is 127. The molecule has 1 aliphatic rings. The number of nitrogens with one attached hydrogen (secondary N) is 3. The van der Waals surface area contributed by atoms with E-state index >= 15 is 0 Å². The topological polar surface area (TPSA) is 78.7 Å². The average Bonchev–Trinajstić information content (AvgIpc) is 3.25. The third kappa shape index (κ3) is 7.17. The van der Waals surface area contributed by atoms with E-state index in [0.717, 1.165) is 12.5 Å². The van der Waals surface area contributed by atoms with Crippen molar-refractivity contribution in [2.45, 2.75) is 46.0 Å². The number of amides is 1. The van der Waals surface area contributed by atoms with E-state index in [1.54, 1.807) is 19.2 Å². The number of furan rings is 1. The molecule has 0 aliphatic heterocycles. The highest BCUT2D eigenvalue weighted by Crippen LogP contribution is 2.42. The molecule has 2 rings (SSSR count). The Morgan fingerprint density at radius 3 is 2.50 bits per heavy atom. The summed E-state index contributed by atoms with van der Waals surface area (Å²) in [7, 11) is 1.78. The maximum Gasteiger partial charge on any atom is 0.287 e. The molecule has 0 bridgehead atoms. The first kappa shape index (κ1) is 22.8. The maximum absolute atomic E-state index is 11.8. The number of hydrogen-bond donors (Lipinski definition) is 3. The summed E-state index contributed by atoms with van der Waals surface area (Å²) in [6.07, 6.45) is 8.02. The highest BCUT2D eigenvalue weighted by molar-refractivity contribution is 14.0. The quantitative estimate of drug-likeness (QED) is 0.233. The van der Waals surface area contributed by atoms with Crippen molar-refractivity contribution in [2.75, 3.05) is 26.7 Å². The van der Waals surface area contributed by atoms with Gasteiger partial charge in [-0.15, -0.1) is 24.0 Å². The van der Waals surface area contributed by atoms with E-state index in [0.29, 0.717) is 30.2 Å². The van der Waals surface area contributed by atoms with Crippen LogP contribution >= 0.6 is 24.0 Å². The first-order valence-electron chi connectivity index (χ1n) is 9.31. The molecule has 1 fully saturated rings. The minimum absolute atomic E-state index is 0. The predicted octanol–water partition coefficient (Wildman–Crippen LogP) is 3.40.